The van der Waals surface area contributed by atoms with E-state index in [9.17, 15) is 0 Å². The second-order valence-electron chi connectivity index (χ2n) is 3.67. The second kappa shape index (κ2) is 7.40. The first kappa shape index (κ1) is 13.4. The Morgan fingerprint density at radius 3 is 2.88 bits per heavy atom. The number of hydrogen-bond donors (Lipinski definition) is 0. The molecule has 0 aliphatic carbocycles. The van der Waals surface area contributed by atoms with Crippen LogP contribution in [0.15, 0.2) is 24.4 Å². The van der Waals surface area contributed by atoms with Crippen molar-refractivity contribution in [3.05, 3.63) is 24.4 Å². The number of rotatable bonds is 6. The lowest BCUT2D eigenvalue weighted by Crippen LogP contribution is -2.17. The van der Waals surface area contributed by atoms with Gasteiger partial charge in [-0.2, -0.15) is 0 Å². The largest absolute Gasteiger partial charge is 0.350 e. The fourth-order valence-corrected chi connectivity index (χ4v) is 3.23. The van der Waals surface area contributed by atoms with E-state index < -0.39 is 0 Å². The molecule has 4 nitrogen and oxygen atoms in total. The summed E-state index contributed by atoms with van der Waals surface area (Å²) in [5.41, 5.74) is 0. The molecule has 0 spiro atoms. The van der Waals surface area contributed by atoms with Crippen LogP contribution < -0.4 is 4.31 Å². The van der Waals surface area contributed by atoms with Crippen molar-refractivity contribution in [2.45, 2.75) is 19.1 Å². The van der Waals surface area contributed by atoms with Crippen molar-refractivity contribution in [1.29, 1.82) is 0 Å². The average Bonchev–Trinajstić information content (AvgIpc) is 2.89. The number of ether oxygens (including phenoxy) is 2. The minimum absolute atomic E-state index is 0.000191. The minimum atomic E-state index is -0.000191. The first-order chi connectivity index (χ1) is 8.40. The van der Waals surface area contributed by atoms with Gasteiger partial charge < -0.3 is 9.47 Å². The minimum Gasteiger partial charge on any atom is -0.350 e. The number of halogens is 1. The van der Waals surface area contributed by atoms with Gasteiger partial charge >= 0.3 is 0 Å². The van der Waals surface area contributed by atoms with Gasteiger partial charge in [0.1, 0.15) is 5.82 Å². The Labute approximate surface area is 118 Å². The lowest BCUT2D eigenvalue weighted by Gasteiger charge is -2.19. The van der Waals surface area contributed by atoms with Crippen LogP contribution in [0.5, 0.6) is 0 Å². The van der Waals surface area contributed by atoms with Gasteiger partial charge in [-0.15, -0.1) is 0 Å². The molecule has 0 saturated carbocycles. The smallest absolute Gasteiger partial charge is 0.157 e. The summed E-state index contributed by atoms with van der Waals surface area (Å²) in [5.74, 6) is 1.00. The van der Waals surface area contributed by atoms with Gasteiger partial charge in [-0.3, -0.25) is 4.31 Å². The van der Waals surface area contributed by atoms with Crippen LogP contribution in [0.2, 0.25) is 0 Å². The van der Waals surface area contributed by atoms with E-state index in [-0.39, 0.29) is 6.29 Å². The van der Waals surface area contributed by atoms with Crippen LogP contribution in [0, 0.1) is 0 Å². The Balaban J connectivity index is 1.75. The molecule has 1 aliphatic rings. The van der Waals surface area contributed by atoms with Crippen molar-refractivity contribution >= 4 is 36.1 Å². The fraction of sp³-hybridized carbons (Fsp3) is 0.545. The summed E-state index contributed by atoms with van der Waals surface area (Å²) in [4.78, 5) is 4.34. The Kier molecular flexibility index (Phi) is 5.82. The molecule has 0 radical (unpaired) electrons. The van der Waals surface area contributed by atoms with Crippen LogP contribution >= 0.6 is 30.3 Å². The predicted octanol–water partition coefficient (Wildman–Crippen LogP) is 3.04. The summed E-state index contributed by atoms with van der Waals surface area (Å²) < 4.78 is 13.0. The summed E-state index contributed by atoms with van der Waals surface area (Å²) in [7, 11) is 1.66. The molecule has 0 unspecified atom stereocenters. The van der Waals surface area contributed by atoms with Gasteiger partial charge in [0.2, 0.25) is 0 Å². The zero-order valence-corrected chi connectivity index (χ0v) is 12.4. The molecule has 0 N–H and O–H groups in total. The molecule has 0 aromatic carbocycles. The van der Waals surface area contributed by atoms with E-state index in [1.807, 2.05) is 24.4 Å². The maximum atomic E-state index is 5.41. The predicted molar refractivity (Wildman–Crippen MR) is 78.1 cm³/mol. The van der Waals surface area contributed by atoms with Crippen LogP contribution in [0.4, 0.5) is 5.82 Å². The molecule has 0 bridgehead atoms. The lowest BCUT2D eigenvalue weighted by molar-refractivity contribution is -0.0471. The summed E-state index contributed by atoms with van der Waals surface area (Å²) in [6, 6.07) is 5.96. The number of nitrogens with zero attached hydrogens (tertiary/aromatic N) is 2. The van der Waals surface area contributed by atoms with Gasteiger partial charge in [0, 0.05) is 49.5 Å². The molecule has 1 fully saturated rings. The maximum Gasteiger partial charge on any atom is 0.157 e. The number of anilines is 1. The monoisotopic (exact) mass is 366 g/mol. The second-order valence-corrected chi connectivity index (χ2v) is 5.43. The first-order valence-electron chi connectivity index (χ1n) is 5.60. The van der Waals surface area contributed by atoms with Crippen molar-refractivity contribution in [2.75, 3.05) is 24.1 Å². The van der Waals surface area contributed by atoms with E-state index in [1.165, 1.54) is 0 Å². The average molecular weight is 366 g/mol. The first-order valence-corrected chi connectivity index (χ1v) is 8.92. The van der Waals surface area contributed by atoms with Gasteiger partial charge in [0.15, 0.2) is 6.29 Å². The molecule has 17 heavy (non-hydrogen) atoms. The summed E-state index contributed by atoms with van der Waals surface area (Å²) >= 11 is 2.28. The van der Waals surface area contributed by atoms with Crippen molar-refractivity contribution in [1.82, 2.24) is 4.98 Å². The van der Waals surface area contributed by atoms with Gasteiger partial charge in [-0.25, -0.2) is 4.98 Å². The molecule has 2 rings (SSSR count). The normalized spacial score (nSPS) is 16.3. The van der Waals surface area contributed by atoms with E-state index in [0.717, 1.165) is 38.4 Å². The SMILES string of the molecule is ISN(CCCC1OCCO1)c1ccccn1. The summed E-state index contributed by atoms with van der Waals surface area (Å²) in [6.07, 6.45) is 3.80. The highest BCUT2D eigenvalue weighted by Crippen LogP contribution is 2.25. The molecule has 1 saturated heterocycles. The Morgan fingerprint density at radius 1 is 1.41 bits per heavy atom. The van der Waals surface area contributed by atoms with Gasteiger partial charge in [0.05, 0.1) is 13.2 Å². The molecule has 1 aromatic rings. The topological polar surface area (TPSA) is 34.6 Å². The molecule has 1 aromatic heterocycles. The summed E-state index contributed by atoms with van der Waals surface area (Å²) in [5, 5.41) is 0. The fourth-order valence-electron chi connectivity index (χ4n) is 1.66. The highest BCUT2D eigenvalue weighted by molar-refractivity contribution is 14.2. The summed E-state index contributed by atoms with van der Waals surface area (Å²) in [6.45, 7) is 2.42. The van der Waals surface area contributed by atoms with E-state index in [0.29, 0.717) is 0 Å². The van der Waals surface area contributed by atoms with Crippen LogP contribution in [0.25, 0.3) is 0 Å². The van der Waals surface area contributed by atoms with Gasteiger partial charge in [-0.05, 0) is 18.6 Å². The van der Waals surface area contributed by atoms with Crippen LogP contribution in [0.1, 0.15) is 12.8 Å². The highest BCUT2D eigenvalue weighted by Gasteiger charge is 2.16. The van der Waals surface area contributed by atoms with Crippen molar-refractivity contribution in [3.8, 4) is 0 Å². The Hall–Kier alpha value is -0.0500. The quantitative estimate of drug-likeness (QED) is 0.571. The zero-order chi connectivity index (χ0) is 11.9. The molecule has 94 valence electrons. The maximum absolute atomic E-state index is 5.41. The van der Waals surface area contributed by atoms with E-state index >= 15 is 0 Å². The van der Waals surface area contributed by atoms with E-state index in [4.69, 9.17) is 9.47 Å². The molecule has 1 aliphatic heterocycles. The van der Waals surface area contributed by atoms with Crippen LogP contribution in [-0.2, 0) is 9.47 Å². The van der Waals surface area contributed by atoms with Crippen molar-refractivity contribution in [2.24, 2.45) is 0 Å². The lowest BCUT2D eigenvalue weighted by atomic mass is 10.3. The van der Waals surface area contributed by atoms with Crippen LogP contribution in [-0.4, -0.2) is 31.0 Å². The third kappa shape index (κ3) is 4.27. The Morgan fingerprint density at radius 2 is 2.24 bits per heavy atom. The third-order valence-corrected chi connectivity index (χ3v) is 4.44. The number of pyridine rings is 1. The molecule has 0 atom stereocenters. The van der Waals surface area contributed by atoms with Crippen LogP contribution in [0.3, 0.4) is 0 Å². The molecule has 0 amide bonds. The standard InChI is InChI=1S/C11H15IN2O2S/c12-17-14(10-4-1-2-6-13-10)7-3-5-11-15-8-9-16-11/h1-2,4,6,11H,3,5,7-9H2. The van der Waals surface area contributed by atoms with E-state index in [2.05, 4.69) is 30.5 Å². The van der Waals surface area contributed by atoms with Gasteiger partial charge in [0.25, 0.3) is 0 Å². The van der Waals surface area contributed by atoms with Crippen molar-refractivity contribution in [3.63, 3.8) is 0 Å². The third-order valence-electron chi connectivity index (χ3n) is 2.48. The van der Waals surface area contributed by atoms with Gasteiger partial charge in [-0.1, -0.05) is 6.07 Å². The number of hydrogen-bond acceptors (Lipinski definition) is 5. The Bertz CT molecular complexity index is 323. The van der Waals surface area contributed by atoms with E-state index in [1.54, 1.807) is 9.12 Å². The molecule has 6 heteroatoms. The van der Waals surface area contributed by atoms with Crippen molar-refractivity contribution < 1.29 is 9.47 Å². The molecular weight excluding hydrogens is 351 g/mol. The highest BCUT2D eigenvalue weighted by atomic mass is 127. The molecule has 2 heterocycles. The number of aromatic nitrogens is 1. The molecular formula is C11H15IN2O2S. The zero-order valence-electron chi connectivity index (χ0n) is 9.42.